The minimum atomic E-state index is -2.15. The second-order valence-corrected chi connectivity index (χ2v) is 3.60. The number of hydrogen-bond acceptors (Lipinski definition) is 1. The van der Waals surface area contributed by atoms with Gasteiger partial charge in [0, 0.05) is 12.8 Å². The highest BCUT2D eigenvalue weighted by Crippen LogP contribution is 2.10. The Morgan fingerprint density at radius 1 is 0.867 bits per heavy atom. The van der Waals surface area contributed by atoms with E-state index in [1.807, 2.05) is 6.08 Å². The van der Waals surface area contributed by atoms with Gasteiger partial charge >= 0.3 is 0 Å². The molecular formula is C12H20F2O. The highest BCUT2D eigenvalue weighted by Gasteiger charge is 2.00. The fraction of sp³-hybridized carbons (Fsp3) is 0.750. The summed E-state index contributed by atoms with van der Waals surface area (Å²) in [5, 5.41) is 0. The van der Waals surface area contributed by atoms with Crippen LogP contribution in [0.3, 0.4) is 0 Å². The van der Waals surface area contributed by atoms with Crippen molar-refractivity contribution >= 4 is 6.29 Å². The summed E-state index contributed by atoms with van der Waals surface area (Å²) in [6.07, 6.45) is 8.87. The number of aldehydes is 1. The lowest BCUT2D eigenvalue weighted by Crippen LogP contribution is -1.89. The molecule has 0 aliphatic rings. The predicted molar refractivity (Wildman–Crippen MR) is 58.1 cm³/mol. The Bertz CT molecular complexity index is 167. The second kappa shape index (κ2) is 11.3. The van der Waals surface area contributed by atoms with Crippen molar-refractivity contribution in [2.24, 2.45) is 0 Å². The van der Waals surface area contributed by atoms with E-state index in [9.17, 15) is 13.6 Å². The van der Waals surface area contributed by atoms with Crippen LogP contribution in [0.5, 0.6) is 0 Å². The molecule has 0 aliphatic carbocycles. The minimum Gasteiger partial charge on any atom is -0.303 e. The molecule has 15 heavy (non-hydrogen) atoms. The molecule has 0 amide bonds. The van der Waals surface area contributed by atoms with Gasteiger partial charge in [-0.05, 0) is 25.7 Å². The molecule has 1 nitrogen and oxygen atoms in total. The van der Waals surface area contributed by atoms with E-state index in [1.165, 1.54) is 0 Å². The lowest BCUT2D eigenvalue weighted by atomic mass is 10.1. The maximum atomic E-state index is 11.7. The first-order valence-corrected chi connectivity index (χ1v) is 5.64. The van der Waals surface area contributed by atoms with Crippen LogP contribution in [0.1, 0.15) is 51.4 Å². The van der Waals surface area contributed by atoms with Gasteiger partial charge in [0.1, 0.15) is 6.29 Å². The van der Waals surface area contributed by atoms with E-state index in [0.717, 1.165) is 38.4 Å². The van der Waals surface area contributed by atoms with Crippen molar-refractivity contribution in [1.82, 2.24) is 0 Å². The van der Waals surface area contributed by atoms with Crippen LogP contribution in [0.4, 0.5) is 8.78 Å². The third-order valence-electron chi connectivity index (χ3n) is 2.16. The van der Waals surface area contributed by atoms with Gasteiger partial charge < -0.3 is 4.79 Å². The Hall–Kier alpha value is -0.730. The topological polar surface area (TPSA) is 17.1 Å². The molecule has 0 spiro atoms. The SMILES string of the molecule is O=CCCC=CCCCCCCC(F)F. The number of hydrogen-bond donors (Lipinski definition) is 0. The lowest BCUT2D eigenvalue weighted by molar-refractivity contribution is -0.107. The lowest BCUT2D eigenvalue weighted by Gasteiger charge is -1.98. The van der Waals surface area contributed by atoms with Crippen LogP contribution in [0, 0.1) is 0 Å². The first-order valence-electron chi connectivity index (χ1n) is 5.64. The van der Waals surface area contributed by atoms with E-state index in [4.69, 9.17) is 0 Å². The second-order valence-electron chi connectivity index (χ2n) is 3.60. The molecule has 88 valence electrons. The Morgan fingerprint density at radius 2 is 1.53 bits per heavy atom. The van der Waals surface area contributed by atoms with Crippen molar-refractivity contribution in [3.8, 4) is 0 Å². The van der Waals surface area contributed by atoms with Crippen LogP contribution in [-0.4, -0.2) is 12.7 Å². The number of rotatable bonds is 10. The highest BCUT2D eigenvalue weighted by molar-refractivity contribution is 5.49. The van der Waals surface area contributed by atoms with Gasteiger partial charge in [-0.2, -0.15) is 0 Å². The monoisotopic (exact) mass is 218 g/mol. The van der Waals surface area contributed by atoms with Crippen molar-refractivity contribution in [2.45, 2.75) is 57.8 Å². The molecule has 0 aromatic heterocycles. The van der Waals surface area contributed by atoms with Gasteiger partial charge in [0.25, 0.3) is 0 Å². The first kappa shape index (κ1) is 14.3. The zero-order chi connectivity index (χ0) is 11.4. The molecule has 0 radical (unpaired) electrons. The van der Waals surface area contributed by atoms with Crippen molar-refractivity contribution < 1.29 is 13.6 Å². The van der Waals surface area contributed by atoms with E-state index in [-0.39, 0.29) is 6.42 Å². The molecule has 0 fully saturated rings. The van der Waals surface area contributed by atoms with Gasteiger partial charge in [0.2, 0.25) is 6.43 Å². The van der Waals surface area contributed by atoms with Gasteiger partial charge in [0.05, 0.1) is 0 Å². The zero-order valence-electron chi connectivity index (χ0n) is 9.13. The highest BCUT2D eigenvalue weighted by atomic mass is 19.3. The molecule has 0 aliphatic heterocycles. The third-order valence-corrected chi connectivity index (χ3v) is 2.16. The minimum absolute atomic E-state index is 0.0369. The Morgan fingerprint density at radius 3 is 2.20 bits per heavy atom. The Balaban J connectivity index is 3.04. The number of unbranched alkanes of at least 4 members (excludes halogenated alkanes) is 5. The fourth-order valence-corrected chi connectivity index (χ4v) is 1.31. The molecule has 0 saturated heterocycles. The average molecular weight is 218 g/mol. The van der Waals surface area contributed by atoms with Crippen LogP contribution in [0.15, 0.2) is 12.2 Å². The van der Waals surface area contributed by atoms with E-state index < -0.39 is 6.43 Å². The molecular weight excluding hydrogens is 198 g/mol. The summed E-state index contributed by atoms with van der Waals surface area (Å²) in [5.74, 6) is 0. The number of halogens is 2. The van der Waals surface area contributed by atoms with Crippen LogP contribution in [0.2, 0.25) is 0 Å². The molecule has 0 saturated carbocycles. The van der Waals surface area contributed by atoms with E-state index in [2.05, 4.69) is 6.08 Å². The normalized spacial score (nSPS) is 11.4. The number of carbonyl (C=O) groups is 1. The smallest absolute Gasteiger partial charge is 0.238 e. The molecule has 0 N–H and O–H groups in total. The van der Waals surface area contributed by atoms with Gasteiger partial charge in [-0.25, -0.2) is 8.78 Å². The zero-order valence-corrected chi connectivity index (χ0v) is 9.13. The fourth-order valence-electron chi connectivity index (χ4n) is 1.31. The van der Waals surface area contributed by atoms with Gasteiger partial charge in [0.15, 0.2) is 0 Å². The predicted octanol–water partition coefficient (Wildman–Crippen LogP) is 4.13. The molecule has 0 aromatic carbocycles. The van der Waals surface area contributed by atoms with E-state index >= 15 is 0 Å². The van der Waals surface area contributed by atoms with Crippen molar-refractivity contribution in [3.05, 3.63) is 12.2 Å². The van der Waals surface area contributed by atoms with Crippen LogP contribution >= 0.6 is 0 Å². The van der Waals surface area contributed by atoms with E-state index in [1.54, 1.807) is 0 Å². The third kappa shape index (κ3) is 13.3. The molecule has 0 heterocycles. The van der Waals surface area contributed by atoms with Gasteiger partial charge in [-0.1, -0.05) is 25.0 Å². The summed E-state index contributed by atoms with van der Waals surface area (Å²) >= 11 is 0. The molecule has 0 rings (SSSR count). The Kier molecular flexibility index (Phi) is 10.8. The van der Waals surface area contributed by atoms with E-state index in [0.29, 0.717) is 12.8 Å². The molecule has 0 unspecified atom stereocenters. The van der Waals surface area contributed by atoms with Gasteiger partial charge in [-0.15, -0.1) is 0 Å². The molecule has 3 heteroatoms. The van der Waals surface area contributed by atoms with Crippen LogP contribution in [-0.2, 0) is 4.79 Å². The summed E-state index contributed by atoms with van der Waals surface area (Å²) in [7, 11) is 0. The van der Waals surface area contributed by atoms with Crippen molar-refractivity contribution in [3.63, 3.8) is 0 Å². The maximum absolute atomic E-state index is 11.7. The summed E-state index contributed by atoms with van der Waals surface area (Å²) in [4.78, 5) is 9.97. The largest absolute Gasteiger partial charge is 0.303 e. The van der Waals surface area contributed by atoms with Crippen molar-refractivity contribution in [2.75, 3.05) is 0 Å². The number of allylic oxidation sites excluding steroid dienone is 2. The standard InChI is InChI=1S/C12H20F2O/c13-12(14)10-8-6-4-2-1-3-5-7-9-11-15/h3,5,11-12H,1-2,4,6-10H2. The maximum Gasteiger partial charge on any atom is 0.238 e. The summed E-state index contributed by atoms with van der Waals surface area (Å²) in [6.45, 7) is 0. The van der Waals surface area contributed by atoms with Gasteiger partial charge in [-0.3, -0.25) is 0 Å². The summed E-state index contributed by atoms with van der Waals surface area (Å²) in [5.41, 5.74) is 0. The van der Waals surface area contributed by atoms with Crippen molar-refractivity contribution in [1.29, 1.82) is 0 Å². The molecule has 0 atom stereocenters. The molecule has 0 bridgehead atoms. The Labute approximate surface area is 90.6 Å². The molecule has 0 aromatic rings. The van der Waals surface area contributed by atoms with Crippen LogP contribution < -0.4 is 0 Å². The quantitative estimate of drug-likeness (QED) is 0.306. The number of alkyl halides is 2. The average Bonchev–Trinajstić information content (AvgIpc) is 2.20. The number of carbonyl (C=O) groups excluding carboxylic acids is 1. The first-order chi connectivity index (χ1) is 7.27. The summed E-state index contributed by atoms with van der Waals surface area (Å²) in [6, 6.07) is 0. The summed E-state index contributed by atoms with van der Waals surface area (Å²) < 4.78 is 23.5. The van der Waals surface area contributed by atoms with Crippen LogP contribution in [0.25, 0.3) is 0 Å².